The molecule has 1 aromatic carbocycles. The van der Waals surface area contributed by atoms with Crippen molar-refractivity contribution in [3.8, 4) is 0 Å². The van der Waals surface area contributed by atoms with E-state index in [0.29, 0.717) is 6.54 Å². The zero-order valence-electron chi connectivity index (χ0n) is 11.6. The van der Waals surface area contributed by atoms with Gasteiger partial charge in [0.25, 0.3) is 0 Å². The van der Waals surface area contributed by atoms with E-state index in [4.69, 9.17) is 0 Å². The molecule has 2 N–H and O–H groups in total. The number of nitrogens with zero attached hydrogens (tertiary/aromatic N) is 2. The summed E-state index contributed by atoms with van der Waals surface area (Å²) in [6, 6.07) is 7.84. The van der Waals surface area contributed by atoms with E-state index >= 15 is 0 Å². The third-order valence-electron chi connectivity index (χ3n) is 3.80. The average Bonchev–Trinajstić information content (AvgIpc) is 2.49. The van der Waals surface area contributed by atoms with Crippen LogP contribution in [-0.4, -0.2) is 27.2 Å². The number of nitrogens with one attached hydrogen (secondary N) is 1. The summed E-state index contributed by atoms with van der Waals surface area (Å²) in [5.41, 5.74) is 2.50. The number of fused-ring (bicyclic) bond motifs is 1. The number of aromatic nitrogens is 2. The molecule has 1 aromatic heterocycles. The second-order valence-corrected chi connectivity index (χ2v) is 4.85. The van der Waals surface area contributed by atoms with Crippen molar-refractivity contribution in [1.82, 2.24) is 15.3 Å². The highest BCUT2D eigenvalue weighted by Gasteiger charge is 2.24. The van der Waals surface area contributed by atoms with Crippen LogP contribution in [0.2, 0.25) is 0 Å². The van der Waals surface area contributed by atoms with E-state index in [2.05, 4.69) is 29.1 Å². The molecule has 0 amide bonds. The van der Waals surface area contributed by atoms with Crippen molar-refractivity contribution in [2.45, 2.75) is 38.8 Å². The number of rotatable bonds is 6. The van der Waals surface area contributed by atoms with Gasteiger partial charge in [-0.2, -0.15) is 0 Å². The Kier molecular flexibility index (Phi) is 4.45. The summed E-state index contributed by atoms with van der Waals surface area (Å²) in [5, 5.41) is 12.9. The second-order valence-electron chi connectivity index (χ2n) is 4.85. The molecule has 0 radical (unpaired) electrons. The van der Waals surface area contributed by atoms with Gasteiger partial charge in [-0.1, -0.05) is 26.0 Å². The highest BCUT2D eigenvalue weighted by molar-refractivity contribution is 5.73. The van der Waals surface area contributed by atoms with E-state index in [9.17, 15) is 5.11 Å². The number of aliphatic hydroxyl groups excluding tert-OH is 1. The first-order valence-corrected chi connectivity index (χ1v) is 6.79. The highest BCUT2D eigenvalue weighted by atomic mass is 16.3. The molecule has 0 saturated carbocycles. The quantitative estimate of drug-likeness (QED) is 0.835. The van der Waals surface area contributed by atoms with Gasteiger partial charge in [-0.05, 0) is 25.0 Å². The third kappa shape index (κ3) is 3.08. The molecule has 0 aliphatic heterocycles. The molecule has 4 nitrogen and oxygen atoms in total. The smallest absolute Gasteiger partial charge is 0.0890 e. The minimum atomic E-state index is -0.215. The molecule has 2 rings (SSSR count). The summed E-state index contributed by atoms with van der Waals surface area (Å²) in [6.45, 7) is 4.93. The summed E-state index contributed by atoms with van der Waals surface area (Å²) in [4.78, 5) is 8.97. The largest absolute Gasteiger partial charge is 0.394 e. The first kappa shape index (κ1) is 13.9. The van der Waals surface area contributed by atoms with E-state index in [1.54, 1.807) is 6.20 Å². The maximum absolute atomic E-state index is 9.53. The SMILES string of the molecule is CCC(CC)(CO)NCc1cnc2ccccc2n1. The van der Waals surface area contributed by atoms with Crippen molar-refractivity contribution < 1.29 is 5.11 Å². The normalized spacial score (nSPS) is 11.9. The molecule has 19 heavy (non-hydrogen) atoms. The monoisotopic (exact) mass is 259 g/mol. The highest BCUT2D eigenvalue weighted by Crippen LogP contribution is 2.15. The zero-order valence-corrected chi connectivity index (χ0v) is 11.6. The van der Waals surface area contributed by atoms with Crippen LogP contribution < -0.4 is 5.32 Å². The Morgan fingerprint density at radius 1 is 1.16 bits per heavy atom. The number of aliphatic hydroxyl groups is 1. The molecule has 0 aliphatic carbocycles. The molecule has 0 spiro atoms. The maximum atomic E-state index is 9.53. The molecule has 1 heterocycles. The fraction of sp³-hybridized carbons (Fsp3) is 0.467. The molecule has 2 aromatic rings. The predicted octanol–water partition coefficient (Wildman–Crippen LogP) is 2.27. The first-order chi connectivity index (χ1) is 9.23. The van der Waals surface area contributed by atoms with Crippen molar-refractivity contribution in [2.24, 2.45) is 0 Å². The van der Waals surface area contributed by atoms with E-state index in [-0.39, 0.29) is 12.1 Å². The summed E-state index contributed by atoms with van der Waals surface area (Å²) in [6.07, 6.45) is 3.57. The topological polar surface area (TPSA) is 58.0 Å². The van der Waals surface area contributed by atoms with Gasteiger partial charge in [-0.25, -0.2) is 4.98 Å². The van der Waals surface area contributed by atoms with Gasteiger partial charge in [0.1, 0.15) is 0 Å². The average molecular weight is 259 g/mol. The molecule has 0 fully saturated rings. The van der Waals surface area contributed by atoms with Gasteiger partial charge in [0.2, 0.25) is 0 Å². The van der Waals surface area contributed by atoms with E-state index < -0.39 is 0 Å². The van der Waals surface area contributed by atoms with Crippen LogP contribution in [0.5, 0.6) is 0 Å². The van der Waals surface area contributed by atoms with Gasteiger partial charge in [-0.15, -0.1) is 0 Å². The van der Waals surface area contributed by atoms with Crippen molar-refractivity contribution in [1.29, 1.82) is 0 Å². The van der Waals surface area contributed by atoms with Crippen molar-refractivity contribution in [3.05, 3.63) is 36.2 Å². The summed E-state index contributed by atoms with van der Waals surface area (Å²) >= 11 is 0. The molecular formula is C15H21N3O. The van der Waals surface area contributed by atoms with Gasteiger partial charge < -0.3 is 10.4 Å². The summed E-state index contributed by atoms with van der Waals surface area (Å²) in [5.74, 6) is 0. The van der Waals surface area contributed by atoms with Crippen LogP contribution in [0.4, 0.5) is 0 Å². The minimum absolute atomic E-state index is 0.140. The van der Waals surface area contributed by atoms with Crippen LogP contribution in [-0.2, 0) is 6.54 Å². The second kappa shape index (κ2) is 6.08. The van der Waals surface area contributed by atoms with E-state index in [0.717, 1.165) is 29.6 Å². The number of hydrogen-bond donors (Lipinski definition) is 2. The fourth-order valence-electron chi connectivity index (χ4n) is 2.14. The van der Waals surface area contributed by atoms with Gasteiger partial charge in [0.05, 0.1) is 29.5 Å². The fourth-order valence-corrected chi connectivity index (χ4v) is 2.14. The van der Waals surface area contributed by atoms with Crippen molar-refractivity contribution in [2.75, 3.05) is 6.61 Å². The molecule has 102 valence electrons. The lowest BCUT2D eigenvalue weighted by Crippen LogP contribution is -2.47. The van der Waals surface area contributed by atoms with Crippen molar-refractivity contribution >= 4 is 11.0 Å². The molecule has 0 unspecified atom stereocenters. The zero-order chi connectivity index (χ0) is 13.7. The number of benzene rings is 1. The third-order valence-corrected chi connectivity index (χ3v) is 3.80. The number of hydrogen-bond acceptors (Lipinski definition) is 4. The Morgan fingerprint density at radius 3 is 2.47 bits per heavy atom. The first-order valence-electron chi connectivity index (χ1n) is 6.79. The Morgan fingerprint density at radius 2 is 1.84 bits per heavy atom. The molecule has 0 saturated heterocycles. The van der Waals surface area contributed by atoms with E-state index in [1.165, 1.54) is 0 Å². The summed E-state index contributed by atoms with van der Waals surface area (Å²) in [7, 11) is 0. The molecular weight excluding hydrogens is 238 g/mol. The minimum Gasteiger partial charge on any atom is -0.394 e. The summed E-state index contributed by atoms with van der Waals surface area (Å²) < 4.78 is 0. The Hall–Kier alpha value is -1.52. The van der Waals surface area contributed by atoms with Crippen LogP contribution in [0.25, 0.3) is 11.0 Å². The van der Waals surface area contributed by atoms with Crippen LogP contribution in [0, 0.1) is 0 Å². The lowest BCUT2D eigenvalue weighted by atomic mass is 9.94. The predicted molar refractivity (Wildman–Crippen MR) is 76.8 cm³/mol. The molecule has 0 bridgehead atoms. The Balaban J connectivity index is 2.13. The Labute approximate surface area is 113 Å². The molecule has 0 aliphatic rings. The standard InChI is InChI=1S/C15H21N3O/c1-3-15(4-2,11-19)17-10-12-9-16-13-7-5-6-8-14(13)18-12/h5-9,17,19H,3-4,10-11H2,1-2H3. The lowest BCUT2D eigenvalue weighted by Gasteiger charge is -2.30. The van der Waals surface area contributed by atoms with Crippen molar-refractivity contribution in [3.63, 3.8) is 0 Å². The van der Waals surface area contributed by atoms with Gasteiger partial charge >= 0.3 is 0 Å². The van der Waals surface area contributed by atoms with Crippen LogP contribution >= 0.6 is 0 Å². The van der Waals surface area contributed by atoms with Gasteiger partial charge in [0, 0.05) is 12.1 Å². The van der Waals surface area contributed by atoms with Crippen LogP contribution in [0.15, 0.2) is 30.5 Å². The van der Waals surface area contributed by atoms with Gasteiger partial charge in [0.15, 0.2) is 0 Å². The van der Waals surface area contributed by atoms with Crippen LogP contribution in [0.1, 0.15) is 32.4 Å². The number of para-hydroxylation sites is 2. The van der Waals surface area contributed by atoms with Crippen LogP contribution in [0.3, 0.4) is 0 Å². The lowest BCUT2D eigenvalue weighted by molar-refractivity contribution is 0.149. The maximum Gasteiger partial charge on any atom is 0.0890 e. The Bertz CT molecular complexity index is 529. The van der Waals surface area contributed by atoms with Gasteiger partial charge in [-0.3, -0.25) is 4.98 Å². The van der Waals surface area contributed by atoms with E-state index in [1.807, 2.05) is 24.3 Å². The molecule has 4 heteroatoms. The molecule has 0 atom stereocenters.